The molecule has 0 aliphatic heterocycles. The molecule has 0 aromatic heterocycles. The number of carboxylic acids is 1. The van der Waals surface area contributed by atoms with Gasteiger partial charge in [0.05, 0.1) is 4.92 Å². The molecule has 0 heterocycles. The Morgan fingerprint density at radius 1 is 1.57 bits per heavy atom. The van der Waals surface area contributed by atoms with Gasteiger partial charge in [-0.05, 0) is 24.1 Å². The van der Waals surface area contributed by atoms with E-state index in [9.17, 15) is 14.9 Å². The topological polar surface area (TPSA) is 106 Å². The van der Waals surface area contributed by atoms with Crippen LogP contribution in [0.3, 0.4) is 0 Å². The van der Waals surface area contributed by atoms with Crippen LogP contribution in [-0.2, 0) is 0 Å². The number of aromatic carboxylic acids is 1. The smallest absolute Gasteiger partial charge is 0.342 e. The Balaban J connectivity index is 3.31. The van der Waals surface area contributed by atoms with E-state index < -0.39 is 16.6 Å². The Kier molecular flexibility index (Phi) is 3.05. The summed E-state index contributed by atoms with van der Waals surface area (Å²) < 4.78 is 0. The zero-order valence-electron chi connectivity index (χ0n) is 6.84. The molecule has 1 aromatic rings. The van der Waals surface area contributed by atoms with E-state index in [-0.39, 0.29) is 5.56 Å². The largest absolute Gasteiger partial charge is 0.477 e. The van der Waals surface area contributed by atoms with Gasteiger partial charge in [0.2, 0.25) is 0 Å². The zero-order valence-corrected chi connectivity index (χ0v) is 7.65. The van der Waals surface area contributed by atoms with Gasteiger partial charge < -0.3 is 5.11 Å². The molecule has 0 spiro atoms. The third-order valence-corrected chi connectivity index (χ3v) is 2.06. The summed E-state index contributed by atoms with van der Waals surface area (Å²) >= 11 is 0.823. The van der Waals surface area contributed by atoms with Crippen LogP contribution in [0, 0.1) is 10.1 Å². The van der Waals surface area contributed by atoms with Gasteiger partial charge in [0.1, 0.15) is 5.56 Å². The maximum absolute atomic E-state index is 10.6. The number of benzene rings is 1. The van der Waals surface area contributed by atoms with Crippen LogP contribution in [0.4, 0.5) is 5.69 Å². The quantitative estimate of drug-likeness (QED) is 0.445. The number of carboxylic acid groups (broad SMARTS) is 1. The van der Waals surface area contributed by atoms with Crippen molar-refractivity contribution in [3.8, 4) is 0 Å². The first-order valence-electron chi connectivity index (χ1n) is 3.44. The first-order valence-corrected chi connectivity index (χ1v) is 4.32. The monoisotopic (exact) mass is 214 g/mol. The van der Waals surface area contributed by atoms with Crippen molar-refractivity contribution in [2.24, 2.45) is 5.14 Å². The average molecular weight is 214 g/mol. The maximum atomic E-state index is 10.6. The van der Waals surface area contributed by atoms with Crippen molar-refractivity contribution in [2.45, 2.75) is 4.90 Å². The van der Waals surface area contributed by atoms with Crippen LogP contribution in [-0.4, -0.2) is 16.0 Å². The highest BCUT2D eigenvalue weighted by Gasteiger charge is 2.19. The van der Waals surface area contributed by atoms with Crippen molar-refractivity contribution < 1.29 is 14.8 Å². The molecule has 0 radical (unpaired) electrons. The number of rotatable bonds is 3. The van der Waals surface area contributed by atoms with Crippen LogP contribution in [0.2, 0.25) is 0 Å². The lowest BCUT2D eigenvalue weighted by molar-refractivity contribution is -0.385. The molecule has 3 N–H and O–H groups in total. The highest BCUT2D eigenvalue weighted by molar-refractivity contribution is 7.97. The molecule has 14 heavy (non-hydrogen) atoms. The van der Waals surface area contributed by atoms with E-state index in [2.05, 4.69) is 0 Å². The van der Waals surface area contributed by atoms with E-state index in [0.717, 1.165) is 24.1 Å². The average Bonchev–Trinajstić information content (AvgIpc) is 2.16. The van der Waals surface area contributed by atoms with Crippen molar-refractivity contribution in [3.63, 3.8) is 0 Å². The van der Waals surface area contributed by atoms with Crippen LogP contribution < -0.4 is 5.14 Å². The predicted octanol–water partition coefficient (Wildman–Crippen LogP) is 1.26. The van der Waals surface area contributed by atoms with Gasteiger partial charge in [-0.25, -0.2) is 4.79 Å². The third-order valence-electron chi connectivity index (χ3n) is 1.53. The van der Waals surface area contributed by atoms with Crippen molar-refractivity contribution in [1.29, 1.82) is 0 Å². The van der Waals surface area contributed by atoms with Gasteiger partial charge in [-0.15, -0.1) is 0 Å². The number of nitro benzene ring substituents is 1. The molecule has 0 aliphatic rings. The zero-order chi connectivity index (χ0) is 10.7. The van der Waals surface area contributed by atoms with Gasteiger partial charge in [0, 0.05) is 11.0 Å². The number of nitro groups is 1. The van der Waals surface area contributed by atoms with Gasteiger partial charge in [0.15, 0.2) is 0 Å². The summed E-state index contributed by atoms with van der Waals surface area (Å²) in [6.07, 6.45) is 0. The second-order valence-electron chi connectivity index (χ2n) is 2.36. The molecule has 0 aliphatic carbocycles. The molecular formula is C7H6N2O4S. The third kappa shape index (κ3) is 2.01. The minimum Gasteiger partial charge on any atom is -0.477 e. The predicted molar refractivity (Wildman–Crippen MR) is 50.1 cm³/mol. The van der Waals surface area contributed by atoms with E-state index >= 15 is 0 Å². The molecule has 0 bridgehead atoms. The summed E-state index contributed by atoms with van der Waals surface area (Å²) in [7, 11) is 0. The maximum Gasteiger partial charge on any atom is 0.342 e. The summed E-state index contributed by atoms with van der Waals surface area (Å²) in [5.74, 6) is -1.33. The van der Waals surface area contributed by atoms with E-state index in [4.69, 9.17) is 10.2 Å². The molecule has 0 saturated carbocycles. The first-order chi connectivity index (χ1) is 6.56. The van der Waals surface area contributed by atoms with Crippen molar-refractivity contribution in [3.05, 3.63) is 33.9 Å². The summed E-state index contributed by atoms with van der Waals surface area (Å²) in [5.41, 5.74) is -0.791. The molecule has 0 amide bonds. The van der Waals surface area contributed by atoms with E-state index in [1.807, 2.05) is 0 Å². The standard InChI is InChI=1S/C7H6N2O4S/c8-14-4-1-2-5(7(10)11)6(3-4)9(12)13/h1-3H,8H2,(H,10,11). The van der Waals surface area contributed by atoms with Crippen LogP contribution in [0.15, 0.2) is 23.1 Å². The molecule has 7 heteroatoms. The molecule has 74 valence electrons. The summed E-state index contributed by atoms with van der Waals surface area (Å²) in [6.45, 7) is 0. The van der Waals surface area contributed by atoms with Crippen molar-refractivity contribution >= 4 is 23.6 Å². The van der Waals surface area contributed by atoms with Crippen LogP contribution in [0.5, 0.6) is 0 Å². The molecule has 0 saturated heterocycles. The van der Waals surface area contributed by atoms with Gasteiger partial charge >= 0.3 is 5.97 Å². The fraction of sp³-hybridized carbons (Fsp3) is 0. The van der Waals surface area contributed by atoms with Gasteiger partial charge in [-0.1, -0.05) is 0 Å². The summed E-state index contributed by atoms with van der Waals surface area (Å²) in [6, 6.07) is 3.71. The minimum absolute atomic E-state index is 0.340. The number of nitrogens with two attached hydrogens (primary N) is 1. The van der Waals surface area contributed by atoms with Gasteiger partial charge in [-0.3, -0.25) is 15.3 Å². The number of carbonyl (C=O) groups is 1. The lowest BCUT2D eigenvalue weighted by Crippen LogP contribution is -2.02. The Morgan fingerprint density at radius 2 is 2.21 bits per heavy atom. The highest BCUT2D eigenvalue weighted by Crippen LogP contribution is 2.23. The molecule has 0 fully saturated rings. The Hall–Kier alpha value is -1.60. The van der Waals surface area contributed by atoms with Crippen molar-refractivity contribution in [2.75, 3.05) is 0 Å². The lowest BCUT2D eigenvalue weighted by atomic mass is 10.2. The minimum atomic E-state index is -1.33. The Morgan fingerprint density at radius 3 is 2.64 bits per heavy atom. The molecular weight excluding hydrogens is 208 g/mol. The molecule has 0 atom stereocenters. The number of nitrogens with zero attached hydrogens (tertiary/aromatic N) is 1. The summed E-state index contributed by atoms with van der Waals surface area (Å²) in [4.78, 5) is 20.8. The Labute approximate surface area is 83.0 Å². The van der Waals surface area contributed by atoms with E-state index in [0.29, 0.717) is 4.90 Å². The highest BCUT2D eigenvalue weighted by atomic mass is 32.2. The normalized spacial score (nSPS) is 9.79. The van der Waals surface area contributed by atoms with Gasteiger partial charge in [0.25, 0.3) is 5.69 Å². The van der Waals surface area contributed by atoms with E-state index in [1.165, 1.54) is 6.07 Å². The first kappa shape index (κ1) is 10.5. The molecule has 0 unspecified atom stereocenters. The number of hydrogen-bond donors (Lipinski definition) is 2. The second kappa shape index (κ2) is 4.07. The lowest BCUT2D eigenvalue weighted by Gasteiger charge is -1.99. The Bertz CT molecular complexity index is 393. The SMILES string of the molecule is NSc1ccc(C(=O)O)c([N+](=O)[O-])c1. The van der Waals surface area contributed by atoms with Gasteiger partial charge in [-0.2, -0.15) is 0 Å². The fourth-order valence-electron chi connectivity index (χ4n) is 0.917. The van der Waals surface area contributed by atoms with Crippen LogP contribution in [0.1, 0.15) is 10.4 Å². The molecule has 1 rings (SSSR count). The van der Waals surface area contributed by atoms with E-state index in [1.54, 1.807) is 0 Å². The molecule has 6 nitrogen and oxygen atoms in total. The fourth-order valence-corrected chi connectivity index (χ4v) is 1.24. The van der Waals surface area contributed by atoms with Crippen LogP contribution in [0.25, 0.3) is 0 Å². The number of hydrogen-bond acceptors (Lipinski definition) is 5. The van der Waals surface area contributed by atoms with Crippen molar-refractivity contribution in [1.82, 2.24) is 0 Å². The van der Waals surface area contributed by atoms with Crippen LogP contribution >= 0.6 is 11.9 Å². The summed E-state index contributed by atoms with van der Waals surface area (Å²) in [5, 5.41) is 24.3. The molecule has 1 aromatic carbocycles. The second-order valence-corrected chi connectivity index (χ2v) is 3.07.